The Labute approximate surface area is 129 Å². The Kier molecular flexibility index (Phi) is 7.27. The van der Waals surface area contributed by atoms with Crippen molar-refractivity contribution in [3.8, 4) is 0 Å². The third kappa shape index (κ3) is 5.66. The topological polar surface area (TPSA) is 41.1 Å². The SMILES string of the molecule is Cl.O=C(NCC1CCCNC1)C1CCCC(C(F)(F)F)C1. The van der Waals surface area contributed by atoms with Gasteiger partial charge in [0.2, 0.25) is 5.91 Å². The molecule has 3 unspecified atom stereocenters. The van der Waals surface area contributed by atoms with Crippen LogP contribution in [0.15, 0.2) is 0 Å². The first-order chi connectivity index (χ1) is 9.47. The van der Waals surface area contributed by atoms with Crippen LogP contribution < -0.4 is 10.6 Å². The third-order valence-electron chi connectivity index (χ3n) is 4.47. The Balaban J connectivity index is 0.00000220. The molecule has 0 radical (unpaired) electrons. The molecule has 1 heterocycles. The molecule has 3 atom stereocenters. The number of nitrogens with one attached hydrogen (secondary N) is 2. The van der Waals surface area contributed by atoms with Crippen LogP contribution in [0.3, 0.4) is 0 Å². The second-order valence-corrected chi connectivity index (χ2v) is 6.06. The van der Waals surface area contributed by atoms with E-state index >= 15 is 0 Å². The summed E-state index contributed by atoms with van der Waals surface area (Å²) >= 11 is 0. The highest BCUT2D eigenvalue weighted by molar-refractivity contribution is 5.85. The molecule has 0 aromatic rings. The molecular weight excluding hydrogens is 305 g/mol. The number of amides is 1. The van der Waals surface area contributed by atoms with Gasteiger partial charge in [0.05, 0.1) is 5.92 Å². The summed E-state index contributed by atoms with van der Waals surface area (Å²) in [5, 5.41) is 6.11. The lowest BCUT2D eigenvalue weighted by atomic mass is 9.80. The zero-order valence-electron chi connectivity index (χ0n) is 12.0. The van der Waals surface area contributed by atoms with E-state index in [0.717, 1.165) is 25.9 Å². The van der Waals surface area contributed by atoms with Crippen LogP contribution in [0.4, 0.5) is 13.2 Å². The molecule has 3 nitrogen and oxygen atoms in total. The predicted molar refractivity (Wildman–Crippen MR) is 77.4 cm³/mol. The quantitative estimate of drug-likeness (QED) is 0.836. The van der Waals surface area contributed by atoms with E-state index < -0.39 is 18.0 Å². The highest BCUT2D eigenvalue weighted by Crippen LogP contribution is 2.39. The van der Waals surface area contributed by atoms with E-state index in [1.165, 1.54) is 0 Å². The number of carbonyl (C=O) groups is 1. The van der Waals surface area contributed by atoms with Crippen LogP contribution in [-0.4, -0.2) is 31.7 Å². The average Bonchev–Trinajstić information content (AvgIpc) is 2.45. The third-order valence-corrected chi connectivity index (χ3v) is 4.47. The molecule has 21 heavy (non-hydrogen) atoms. The number of alkyl halides is 3. The molecule has 0 aromatic carbocycles. The summed E-state index contributed by atoms with van der Waals surface area (Å²) in [4.78, 5) is 12.0. The summed E-state index contributed by atoms with van der Waals surface area (Å²) in [6.45, 7) is 2.48. The van der Waals surface area contributed by atoms with Crippen LogP contribution in [0.1, 0.15) is 38.5 Å². The molecule has 1 aliphatic heterocycles. The first-order valence-electron chi connectivity index (χ1n) is 7.52. The molecule has 2 fully saturated rings. The van der Waals surface area contributed by atoms with Crippen LogP contribution in [0.2, 0.25) is 0 Å². The fourth-order valence-corrected chi connectivity index (χ4v) is 3.21. The van der Waals surface area contributed by atoms with Gasteiger partial charge in [-0.05, 0) is 51.1 Å². The second-order valence-electron chi connectivity index (χ2n) is 6.06. The van der Waals surface area contributed by atoms with Crippen molar-refractivity contribution < 1.29 is 18.0 Å². The molecule has 1 saturated carbocycles. The molecule has 0 aromatic heterocycles. The van der Waals surface area contributed by atoms with Gasteiger partial charge in [-0.3, -0.25) is 4.79 Å². The fraction of sp³-hybridized carbons (Fsp3) is 0.929. The molecule has 1 saturated heterocycles. The first kappa shape index (κ1) is 18.6. The molecule has 7 heteroatoms. The van der Waals surface area contributed by atoms with Gasteiger partial charge in [0.25, 0.3) is 0 Å². The van der Waals surface area contributed by atoms with Crippen molar-refractivity contribution in [2.75, 3.05) is 19.6 Å². The molecule has 2 N–H and O–H groups in total. The lowest BCUT2D eigenvalue weighted by molar-refractivity contribution is -0.186. The number of hydrogen-bond acceptors (Lipinski definition) is 2. The average molecular weight is 329 g/mol. The molecule has 1 amide bonds. The van der Waals surface area contributed by atoms with Gasteiger partial charge in [-0.15, -0.1) is 12.4 Å². The molecule has 2 aliphatic rings. The lowest BCUT2D eigenvalue weighted by Gasteiger charge is -2.30. The zero-order chi connectivity index (χ0) is 14.6. The summed E-state index contributed by atoms with van der Waals surface area (Å²) in [6.07, 6.45) is -0.790. The van der Waals surface area contributed by atoms with Crippen LogP contribution in [-0.2, 0) is 4.79 Å². The normalized spacial score (nSPS) is 30.3. The van der Waals surface area contributed by atoms with Gasteiger partial charge in [-0.1, -0.05) is 6.42 Å². The van der Waals surface area contributed by atoms with E-state index in [0.29, 0.717) is 25.3 Å². The summed E-state index contributed by atoms with van der Waals surface area (Å²) in [5.74, 6) is -1.55. The number of carbonyl (C=O) groups excluding carboxylic acids is 1. The van der Waals surface area contributed by atoms with Crippen molar-refractivity contribution >= 4 is 18.3 Å². The van der Waals surface area contributed by atoms with Crippen LogP contribution >= 0.6 is 12.4 Å². The second kappa shape index (κ2) is 8.22. The summed E-state index contributed by atoms with van der Waals surface area (Å²) in [7, 11) is 0. The standard InChI is InChI=1S/C14H23F3N2O.ClH/c15-14(16,17)12-5-1-4-11(7-12)13(20)19-9-10-3-2-6-18-8-10;/h10-12,18H,1-9H2,(H,19,20);1H. The van der Waals surface area contributed by atoms with Gasteiger partial charge in [0, 0.05) is 12.5 Å². The van der Waals surface area contributed by atoms with E-state index in [1.807, 2.05) is 0 Å². The van der Waals surface area contributed by atoms with Crippen LogP contribution in [0.5, 0.6) is 0 Å². The van der Waals surface area contributed by atoms with Crippen molar-refractivity contribution in [1.82, 2.24) is 10.6 Å². The highest BCUT2D eigenvalue weighted by Gasteiger charge is 2.43. The van der Waals surface area contributed by atoms with Crippen molar-refractivity contribution in [3.63, 3.8) is 0 Å². The van der Waals surface area contributed by atoms with E-state index in [-0.39, 0.29) is 31.2 Å². The molecule has 2 rings (SSSR count). The largest absolute Gasteiger partial charge is 0.391 e. The van der Waals surface area contributed by atoms with E-state index in [9.17, 15) is 18.0 Å². The Bertz CT molecular complexity index is 333. The lowest BCUT2D eigenvalue weighted by Crippen LogP contribution is -2.42. The molecule has 124 valence electrons. The van der Waals surface area contributed by atoms with Crippen LogP contribution in [0.25, 0.3) is 0 Å². The highest BCUT2D eigenvalue weighted by atomic mass is 35.5. The van der Waals surface area contributed by atoms with Crippen LogP contribution in [0, 0.1) is 17.8 Å². The zero-order valence-corrected chi connectivity index (χ0v) is 12.9. The Morgan fingerprint density at radius 1 is 1.19 bits per heavy atom. The van der Waals surface area contributed by atoms with Crippen molar-refractivity contribution in [2.24, 2.45) is 17.8 Å². The minimum Gasteiger partial charge on any atom is -0.356 e. The molecular formula is C14H24ClF3N2O. The Morgan fingerprint density at radius 3 is 2.57 bits per heavy atom. The van der Waals surface area contributed by atoms with Gasteiger partial charge < -0.3 is 10.6 Å². The first-order valence-corrected chi connectivity index (χ1v) is 7.52. The maximum absolute atomic E-state index is 12.7. The van der Waals surface area contributed by atoms with Gasteiger partial charge in [0.15, 0.2) is 0 Å². The monoisotopic (exact) mass is 328 g/mol. The number of rotatable bonds is 3. The number of hydrogen-bond donors (Lipinski definition) is 2. The summed E-state index contributed by atoms with van der Waals surface area (Å²) < 4.78 is 38.1. The van der Waals surface area contributed by atoms with Gasteiger partial charge in [-0.2, -0.15) is 13.2 Å². The Hall–Kier alpha value is -0.490. The predicted octanol–water partition coefficient (Wildman–Crippen LogP) is 2.89. The smallest absolute Gasteiger partial charge is 0.356 e. The molecule has 0 spiro atoms. The maximum Gasteiger partial charge on any atom is 0.391 e. The van der Waals surface area contributed by atoms with Crippen molar-refractivity contribution in [3.05, 3.63) is 0 Å². The molecule has 1 aliphatic carbocycles. The minimum atomic E-state index is -4.16. The van der Waals surface area contributed by atoms with E-state index in [2.05, 4.69) is 10.6 Å². The fourth-order valence-electron chi connectivity index (χ4n) is 3.21. The van der Waals surface area contributed by atoms with Gasteiger partial charge in [-0.25, -0.2) is 0 Å². The number of piperidine rings is 1. The summed E-state index contributed by atoms with van der Waals surface area (Å²) in [6, 6.07) is 0. The van der Waals surface area contributed by atoms with Crippen molar-refractivity contribution in [2.45, 2.75) is 44.7 Å². The van der Waals surface area contributed by atoms with Crippen molar-refractivity contribution in [1.29, 1.82) is 0 Å². The minimum absolute atomic E-state index is 0. The van der Waals surface area contributed by atoms with Gasteiger partial charge >= 0.3 is 6.18 Å². The van der Waals surface area contributed by atoms with E-state index in [4.69, 9.17) is 0 Å². The summed E-state index contributed by atoms with van der Waals surface area (Å²) in [5.41, 5.74) is 0. The maximum atomic E-state index is 12.7. The van der Waals surface area contributed by atoms with E-state index in [1.54, 1.807) is 0 Å². The Morgan fingerprint density at radius 2 is 1.95 bits per heavy atom. The van der Waals surface area contributed by atoms with Gasteiger partial charge in [0.1, 0.15) is 0 Å². The number of halogens is 4. The molecule has 0 bridgehead atoms.